The molecule has 3 rings (SSSR count). The highest BCUT2D eigenvalue weighted by Gasteiger charge is 2.49. The molecule has 0 aromatic heterocycles. The van der Waals surface area contributed by atoms with Crippen molar-refractivity contribution in [1.82, 2.24) is 4.90 Å². The van der Waals surface area contributed by atoms with Gasteiger partial charge in [0.25, 0.3) is 0 Å². The molecule has 2 aliphatic heterocycles. The molecule has 1 aromatic rings. The normalized spacial score (nSPS) is 27.5. The topological polar surface area (TPSA) is 59.0 Å². The summed E-state index contributed by atoms with van der Waals surface area (Å²) >= 11 is 0. The zero-order valence-corrected chi connectivity index (χ0v) is 16.6. The van der Waals surface area contributed by atoms with Crippen LogP contribution in [0.1, 0.15) is 58.4 Å². The van der Waals surface area contributed by atoms with Crippen LogP contribution in [0.3, 0.4) is 0 Å². The predicted molar refractivity (Wildman–Crippen MR) is 95.7 cm³/mol. The van der Waals surface area contributed by atoms with Gasteiger partial charge in [0.1, 0.15) is 5.60 Å². The quantitative estimate of drug-likeness (QED) is 0.696. The van der Waals surface area contributed by atoms with Gasteiger partial charge in [-0.1, -0.05) is 6.07 Å². The van der Waals surface area contributed by atoms with Gasteiger partial charge >= 0.3 is 12.5 Å². The molecule has 2 saturated heterocycles. The van der Waals surface area contributed by atoms with Crippen LogP contribution in [-0.2, 0) is 10.3 Å². The minimum atomic E-state index is -5.00. The second-order valence-corrected chi connectivity index (χ2v) is 8.76. The van der Waals surface area contributed by atoms with Gasteiger partial charge in [0.15, 0.2) is 11.6 Å². The number of halogens is 4. The van der Waals surface area contributed by atoms with E-state index in [-0.39, 0.29) is 30.5 Å². The lowest BCUT2D eigenvalue weighted by Crippen LogP contribution is -2.59. The van der Waals surface area contributed by atoms with E-state index in [1.807, 2.05) is 0 Å². The van der Waals surface area contributed by atoms with Gasteiger partial charge in [0, 0.05) is 24.9 Å². The van der Waals surface area contributed by atoms with Crippen LogP contribution < -0.4 is 4.74 Å². The first-order valence-corrected chi connectivity index (χ1v) is 9.57. The monoisotopic (exact) mass is 419 g/mol. The van der Waals surface area contributed by atoms with Crippen LogP contribution in [-0.4, -0.2) is 40.1 Å². The predicted octanol–water partition coefficient (Wildman–Crippen LogP) is 4.86. The number of rotatable bonds is 2. The summed E-state index contributed by atoms with van der Waals surface area (Å²) < 4.78 is 60.4. The third kappa shape index (κ3) is 4.94. The maximum atomic E-state index is 14.2. The molecule has 0 saturated carbocycles. The minimum Gasteiger partial charge on any atom is -0.444 e. The SMILES string of the molecule is CC(C)(C)OC(=O)N1C2CCCC1CC(O)(c1ccc(OC(F)(F)F)c(F)c1)C2. The molecule has 2 fully saturated rings. The lowest BCUT2D eigenvalue weighted by molar-refractivity contribution is -0.275. The standard InChI is InChI=1S/C20H25F4NO4/c1-18(2,3)29-17(26)25-13-5-4-6-14(25)11-19(27,10-13)12-7-8-16(15(21)9-12)28-20(22,23)24/h7-9,13-14,27H,4-6,10-11H2,1-3H3. The summed E-state index contributed by atoms with van der Waals surface area (Å²) in [5, 5.41) is 11.2. The molecule has 2 atom stereocenters. The van der Waals surface area contributed by atoms with Crippen molar-refractivity contribution < 1.29 is 36.9 Å². The summed E-state index contributed by atoms with van der Waals surface area (Å²) in [6.07, 6.45) is -2.93. The van der Waals surface area contributed by atoms with Gasteiger partial charge < -0.3 is 19.5 Å². The number of carbonyl (C=O) groups excluding carboxylic acids is 1. The van der Waals surface area contributed by atoms with Crippen LogP contribution in [0.4, 0.5) is 22.4 Å². The molecule has 0 aliphatic carbocycles. The zero-order chi connectivity index (χ0) is 21.6. The van der Waals surface area contributed by atoms with Gasteiger partial charge in [-0.25, -0.2) is 9.18 Å². The van der Waals surface area contributed by atoms with E-state index in [1.165, 1.54) is 6.07 Å². The smallest absolute Gasteiger partial charge is 0.444 e. The number of alkyl halides is 3. The summed E-state index contributed by atoms with van der Waals surface area (Å²) in [4.78, 5) is 14.3. The molecule has 29 heavy (non-hydrogen) atoms. The molecule has 2 unspecified atom stereocenters. The highest BCUT2D eigenvalue weighted by atomic mass is 19.4. The number of carbonyl (C=O) groups is 1. The average Bonchev–Trinajstić information content (AvgIpc) is 2.53. The van der Waals surface area contributed by atoms with Crippen molar-refractivity contribution in [2.45, 2.75) is 82.5 Å². The lowest BCUT2D eigenvalue weighted by atomic mass is 9.72. The number of ether oxygens (including phenoxy) is 2. The average molecular weight is 419 g/mol. The molecule has 5 nitrogen and oxygen atoms in total. The Morgan fingerprint density at radius 1 is 1.17 bits per heavy atom. The number of nitrogens with zero attached hydrogens (tertiary/aromatic N) is 1. The first-order valence-electron chi connectivity index (χ1n) is 9.57. The summed E-state index contributed by atoms with van der Waals surface area (Å²) in [6, 6.07) is 2.39. The first kappa shape index (κ1) is 21.7. The fraction of sp³-hybridized carbons (Fsp3) is 0.650. The number of benzene rings is 1. The molecule has 0 radical (unpaired) electrons. The number of hydrogen-bond acceptors (Lipinski definition) is 4. The van der Waals surface area contributed by atoms with Gasteiger partial charge in [-0.2, -0.15) is 0 Å². The van der Waals surface area contributed by atoms with E-state index in [0.717, 1.165) is 18.6 Å². The van der Waals surface area contributed by atoms with Crippen molar-refractivity contribution in [3.63, 3.8) is 0 Å². The largest absolute Gasteiger partial charge is 0.573 e. The number of piperidine rings is 2. The summed E-state index contributed by atoms with van der Waals surface area (Å²) in [7, 11) is 0. The van der Waals surface area contributed by atoms with Gasteiger partial charge in [-0.15, -0.1) is 13.2 Å². The van der Waals surface area contributed by atoms with Crippen molar-refractivity contribution in [3.05, 3.63) is 29.6 Å². The molecule has 2 bridgehead atoms. The maximum absolute atomic E-state index is 14.2. The number of hydrogen-bond donors (Lipinski definition) is 1. The molecule has 2 aliphatic rings. The molecular weight excluding hydrogens is 394 g/mol. The Morgan fingerprint density at radius 2 is 1.76 bits per heavy atom. The molecule has 162 valence electrons. The van der Waals surface area contributed by atoms with Gasteiger partial charge in [0.2, 0.25) is 0 Å². The molecular formula is C20H25F4NO4. The van der Waals surface area contributed by atoms with Gasteiger partial charge in [-0.05, 0) is 57.7 Å². The Morgan fingerprint density at radius 3 is 2.24 bits per heavy atom. The van der Waals surface area contributed by atoms with E-state index in [0.29, 0.717) is 12.8 Å². The summed E-state index contributed by atoms with van der Waals surface area (Å²) in [5.41, 5.74) is -1.94. The summed E-state index contributed by atoms with van der Waals surface area (Å²) in [6.45, 7) is 5.32. The van der Waals surface area contributed by atoms with Crippen molar-refractivity contribution in [3.8, 4) is 5.75 Å². The van der Waals surface area contributed by atoms with E-state index >= 15 is 0 Å². The fourth-order valence-electron chi connectivity index (χ4n) is 4.28. The second-order valence-electron chi connectivity index (χ2n) is 8.76. The lowest BCUT2D eigenvalue weighted by Gasteiger charge is -2.51. The van der Waals surface area contributed by atoms with Crippen molar-refractivity contribution in [2.75, 3.05) is 0 Å². The van der Waals surface area contributed by atoms with Crippen molar-refractivity contribution >= 4 is 6.09 Å². The fourth-order valence-corrected chi connectivity index (χ4v) is 4.28. The summed E-state index contributed by atoms with van der Waals surface area (Å²) in [5.74, 6) is -2.15. The molecule has 9 heteroatoms. The molecule has 1 N–H and O–H groups in total. The Balaban J connectivity index is 1.82. The second kappa shape index (κ2) is 7.34. The third-order valence-corrected chi connectivity index (χ3v) is 5.31. The van der Waals surface area contributed by atoms with Crippen LogP contribution in [0.15, 0.2) is 18.2 Å². The molecule has 1 aromatic carbocycles. The highest BCUT2D eigenvalue weighted by molar-refractivity contribution is 5.69. The van der Waals surface area contributed by atoms with Crippen molar-refractivity contribution in [2.24, 2.45) is 0 Å². The van der Waals surface area contributed by atoms with Crippen molar-refractivity contribution in [1.29, 1.82) is 0 Å². The third-order valence-electron chi connectivity index (χ3n) is 5.31. The van der Waals surface area contributed by atoms with E-state index < -0.39 is 35.2 Å². The van der Waals surface area contributed by atoms with E-state index in [9.17, 15) is 27.5 Å². The Kier molecular flexibility index (Phi) is 5.49. The zero-order valence-electron chi connectivity index (χ0n) is 16.6. The van der Waals surface area contributed by atoms with Crippen LogP contribution in [0.5, 0.6) is 5.75 Å². The number of fused-ring (bicyclic) bond motifs is 2. The van der Waals surface area contributed by atoms with E-state index in [4.69, 9.17) is 4.74 Å². The highest BCUT2D eigenvalue weighted by Crippen LogP contribution is 2.45. The van der Waals surface area contributed by atoms with Crippen LogP contribution >= 0.6 is 0 Å². The van der Waals surface area contributed by atoms with E-state index in [2.05, 4.69) is 4.74 Å². The number of aliphatic hydroxyl groups is 1. The Hall–Kier alpha value is -2.03. The van der Waals surface area contributed by atoms with Gasteiger partial charge in [-0.3, -0.25) is 0 Å². The van der Waals surface area contributed by atoms with Crippen LogP contribution in [0.25, 0.3) is 0 Å². The Labute approximate surface area is 166 Å². The van der Waals surface area contributed by atoms with E-state index in [1.54, 1.807) is 25.7 Å². The minimum absolute atomic E-state index is 0.154. The first-order chi connectivity index (χ1) is 13.3. The molecule has 2 heterocycles. The molecule has 0 spiro atoms. The van der Waals surface area contributed by atoms with Crippen LogP contribution in [0.2, 0.25) is 0 Å². The maximum Gasteiger partial charge on any atom is 0.573 e. The molecule has 1 amide bonds. The van der Waals surface area contributed by atoms with Gasteiger partial charge in [0.05, 0.1) is 5.60 Å². The Bertz CT molecular complexity index is 761. The van der Waals surface area contributed by atoms with Crippen LogP contribution in [0, 0.1) is 5.82 Å². The number of amides is 1.